The van der Waals surface area contributed by atoms with Crippen molar-refractivity contribution in [3.8, 4) is 0 Å². The zero-order chi connectivity index (χ0) is 9.84. The number of halogens is 2. The van der Waals surface area contributed by atoms with Crippen LogP contribution in [0.4, 0.5) is 4.39 Å². The summed E-state index contributed by atoms with van der Waals surface area (Å²) in [5.41, 5.74) is 5.23. The molecular weight excluding hydrogens is 213 g/mol. The molecule has 0 spiro atoms. The minimum absolute atomic E-state index is 0.0112. The zero-order valence-electron chi connectivity index (χ0n) is 6.80. The molecule has 1 aromatic rings. The topological polar surface area (TPSA) is 43.1 Å². The molecule has 1 rings (SSSR count). The van der Waals surface area contributed by atoms with Crippen molar-refractivity contribution in [1.29, 1.82) is 0 Å². The standard InChI is InChI=1S/C8H9ClFNOS/c9-7-5-6(1-2-8(7)10)13(12)4-3-11/h1-2,5H,3-4,11H2. The molecule has 1 atom stereocenters. The van der Waals surface area contributed by atoms with Crippen molar-refractivity contribution < 1.29 is 8.60 Å². The summed E-state index contributed by atoms with van der Waals surface area (Å²) >= 11 is 5.52. The Hall–Kier alpha value is -0.450. The molecule has 2 N–H and O–H groups in total. The third-order valence-electron chi connectivity index (χ3n) is 1.46. The van der Waals surface area contributed by atoms with E-state index < -0.39 is 16.6 Å². The van der Waals surface area contributed by atoms with Crippen LogP contribution in [0.2, 0.25) is 5.02 Å². The molecule has 0 aliphatic heterocycles. The Morgan fingerprint density at radius 3 is 2.77 bits per heavy atom. The minimum Gasteiger partial charge on any atom is -0.330 e. The van der Waals surface area contributed by atoms with Gasteiger partial charge >= 0.3 is 0 Å². The average Bonchev–Trinajstić information content (AvgIpc) is 2.10. The molecule has 0 aliphatic rings. The summed E-state index contributed by atoms with van der Waals surface area (Å²) in [6.07, 6.45) is 0. The van der Waals surface area contributed by atoms with Gasteiger partial charge in [0.25, 0.3) is 0 Å². The van der Waals surface area contributed by atoms with Gasteiger partial charge in [-0.2, -0.15) is 0 Å². The Balaban J connectivity index is 2.90. The first-order valence-electron chi connectivity index (χ1n) is 3.68. The van der Waals surface area contributed by atoms with Gasteiger partial charge in [0.15, 0.2) is 0 Å². The maximum absolute atomic E-state index is 12.7. The van der Waals surface area contributed by atoms with Crippen LogP contribution in [-0.4, -0.2) is 16.5 Å². The van der Waals surface area contributed by atoms with Crippen LogP contribution in [0.3, 0.4) is 0 Å². The summed E-state index contributed by atoms with van der Waals surface area (Å²) < 4.78 is 24.1. The van der Waals surface area contributed by atoms with Crippen molar-refractivity contribution in [2.45, 2.75) is 4.90 Å². The van der Waals surface area contributed by atoms with Gasteiger partial charge in [-0.05, 0) is 18.2 Å². The van der Waals surface area contributed by atoms with Crippen LogP contribution in [-0.2, 0) is 10.8 Å². The molecule has 0 bridgehead atoms. The van der Waals surface area contributed by atoms with Gasteiger partial charge < -0.3 is 5.73 Å². The van der Waals surface area contributed by atoms with Crippen molar-refractivity contribution in [3.05, 3.63) is 29.0 Å². The monoisotopic (exact) mass is 221 g/mol. The summed E-state index contributed by atoms with van der Waals surface area (Å²) in [7, 11) is -1.18. The van der Waals surface area contributed by atoms with Crippen LogP contribution >= 0.6 is 11.6 Å². The van der Waals surface area contributed by atoms with E-state index in [0.717, 1.165) is 0 Å². The third kappa shape index (κ3) is 2.76. The molecule has 72 valence electrons. The summed E-state index contributed by atoms with van der Waals surface area (Å²) in [5.74, 6) is -0.141. The second-order valence-electron chi connectivity index (χ2n) is 2.41. The molecule has 2 nitrogen and oxygen atoms in total. The molecule has 1 aromatic carbocycles. The van der Waals surface area contributed by atoms with E-state index in [0.29, 0.717) is 17.2 Å². The lowest BCUT2D eigenvalue weighted by Crippen LogP contribution is -2.10. The molecule has 0 saturated carbocycles. The number of hydrogen-bond donors (Lipinski definition) is 1. The van der Waals surface area contributed by atoms with Crippen LogP contribution in [0.5, 0.6) is 0 Å². The first-order chi connectivity index (χ1) is 6.15. The van der Waals surface area contributed by atoms with Gasteiger partial charge in [0.1, 0.15) is 5.82 Å². The highest BCUT2D eigenvalue weighted by Crippen LogP contribution is 2.18. The number of rotatable bonds is 3. The Morgan fingerprint density at radius 2 is 2.23 bits per heavy atom. The van der Waals surface area contributed by atoms with E-state index in [1.165, 1.54) is 18.2 Å². The molecular formula is C8H9ClFNOS. The number of hydrogen-bond acceptors (Lipinski definition) is 2. The molecule has 5 heteroatoms. The summed E-state index contributed by atoms with van der Waals surface area (Å²) in [6.45, 7) is 0.335. The Labute approximate surface area is 83.3 Å². The molecule has 0 heterocycles. The second kappa shape index (κ2) is 4.69. The predicted molar refractivity (Wildman–Crippen MR) is 51.7 cm³/mol. The normalized spacial score (nSPS) is 12.8. The fourth-order valence-electron chi connectivity index (χ4n) is 0.843. The highest BCUT2D eigenvalue weighted by molar-refractivity contribution is 7.85. The second-order valence-corrected chi connectivity index (χ2v) is 4.39. The third-order valence-corrected chi connectivity index (χ3v) is 3.13. The Bertz CT molecular complexity index is 332. The summed E-state index contributed by atoms with van der Waals surface area (Å²) in [6, 6.07) is 4.02. The van der Waals surface area contributed by atoms with Crippen molar-refractivity contribution in [2.24, 2.45) is 5.73 Å². The predicted octanol–water partition coefficient (Wildman–Crippen LogP) is 1.55. The van der Waals surface area contributed by atoms with Gasteiger partial charge in [-0.25, -0.2) is 4.39 Å². The average molecular weight is 222 g/mol. The lowest BCUT2D eigenvalue weighted by Gasteiger charge is -2.01. The Morgan fingerprint density at radius 1 is 1.54 bits per heavy atom. The summed E-state index contributed by atoms with van der Waals surface area (Å²) in [5, 5.41) is -0.0112. The van der Waals surface area contributed by atoms with E-state index in [1.54, 1.807) is 0 Å². The zero-order valence-corrected chi connectivity index (χ0v) is 8.37. The molecule has 0 radical (unpaired) electrons. The number of nitrogens with two attached hydrogens (primary N) is 1. The van der Waals surface area contributed by atoms with Crippen molar-refractivity contribution in [2.75, 3.05) is 12.3 Å². The van der Waals surface area contributed by atoms with Gasteiger partial charge in [0.05, 0.1) is 15.8 Å². The maximum atomic E-state index is 12.7. The smallest absolute Gasteiger partial charge is 0.141 e. The van der Waals surface area contributed by atoms with Crippen LogP contribution in [0, 0.1) is 5.82 Å². The molecule has 13 heavy (non-hydrogen) atoms. The van der Waals surface area contributed by atoms with E-state index in [2.05, 4.69) is 0 Å². The van der Waals surface area contributed by atoms with Crippen molar-refractivity contribution in [1.82, 2.24) is 0 Å². The first kappa shape index (κ1) is 10.6. The van der Waals surface area contributed by atoms with E-state index in [1.807, 2.05) is 0 Å². The molecule has 0 amide bonds. The van der Waals surface area contributed by atoms with Gasteiger partial charge in [0.2, 0.25) is 0 Å². The fourth-order valence-corrected chi connectivity index (χ4v) is 2.01. The van der Waals surface area contributed by atoms with Gasteiger partial charge in [-0.15, -0.1) is 0 Å². The van der Waals surface area contributed by atoms with Crippen LogP contribution in [0.1, 0.15) is 0 Å². The molecule has 1 unspecified atom stereocenters. The highest BCUT2D eigenvalue weighted by Gasteiger charge is 2.05. The van der Waals surface area contributed by atoms with Crippen molar-refractivity contribution >= 4 is 22.4 Å². The van der Waals surface area contributed by atoms with Gasteiger partial charge in [-0.3, -0.25) is 4.21 Å². The maximum Gasteiger partial charge on any atom is 0.141 e. The van der Waals surface area contributed by atoms with Crippen molar-refractivity contribution in [3.63, 3.8) is 0 Å². The summed E-state index contributed by atoms with van der Waals surface area (Å²) in [4.78, 5) is 0.511. The lowest BCUT2D eigenvalue weighted by molar-refractivity contribution is 0.626. The SMILES string of the molecule is NCCS(=O)c1ccc(F)c(Cl)c1. The molecule has 0 aromatic heterocycles. The first-order valence-corrected chi connectivity index (χ1v) is 5.38. The number of benzene rings is 1. The largest absolute Gasteiger partial charge is 0.330 e. The van der Waals surface area contributed by atoms with Crippen LogP contribution in [0.15, 0.2) is 23.1 Å². The molecule has 0 aliphatic carbocycles. The van der Waals surface area contributed by atoms with E-state index in [9.17, 15) is 8.60 Å². The minimum atomic E-state index is -1.18. The highest BCUT2D eigenvalue weighted by atomic mass is 35.5. The van der Waals surface area contributed by atoms with E-state index >= 15 is 0 Å². The Kier molecular flexibility index (Phi) is 3.84. The van der Waals surface area contributed by atoms with E-state index in [-0.39, 0.29) is 5.02 Å². The van der Waals surface area contributed by atoms with Gasteiger partial charge in [0, 0.05) is 17.2 Å². The van der Waals surface area contributed by atoms with E-state index in [4.69, 9.17) is 17.3 Å². The van der Waals surface area contributed by atoms with Gasteiger partial charge in [-0.1, -0.05) is 11.6 Å². The van der Waals surface area contributed by atoms with Crippen LogP contribution in [0.25, 0.3) is 0 Å². The van der Waals surface area contributed by atoms with Crippen LogP contribution < -0.4 is 5.73 Å². The molecule has 0 fully saturated rings. The lowest BCUT2D eigenvalue weighted by atomic mass is 10.3. The molecule has 0 saturated heterocycles. The quantitative estimate of drug-likeness (QED) is 0.842. The fraction of sp³-hybridized carbons (Fsp3) is 0.250.